The zero-order chi connectivity index (χ0) is 10.2. The number of esters is 1. The summed E-state index contributed by atoms with van der Waals surface area (Å²) in [7, 11) is 0. The standard InChI is InChI=1S/C10H14O4.Ga.3H/c11-8(7-3-1-4-7)14-10(9(12)13)5-2-6-10;;;;/h7H,1-6H2,(H,12,13);;;;. The van der Waals surface area contributed by atoms with Crippen molar-refractivity contribution in [3.63, 3.8) is 0 Å². The van der Waals surface area contributed by atoms with Crippen molar-refractivity contribution in [3.8, 4) is 0 Å². The van der Waals surface area contributed by atoms with Gasteiger partial charge in [-0.3, -0.25) is 4.79 Å². The van der Waals surface area contributed by atoms with Crippen LogP contribution in [0.3, 0.4) is 0 Å². The zero-order valence-electron chi connectivity index (χ0n) is 7.99. The van der Waals surface area contributed by atoms with E-state index in [1.807, 2.05) is 0 Å². The summed E-state index contributed by atoms with van der Waals surface area (Å²) in [5.74, 6) is -1.33. The second kappa shape index (κ2) is 4.61. The monoisotopic (exact) mass is 270 g/mol. The molecule has 0 aromatic carbocycles. The Balaban J connectivity index is 0.00000112. The molecule has 84 valence electrons. The van der Waals surface area contributed by atoms with Crippen molar-refractivity contribution in [2.45, 2.75) is 44.1 Å². The topological polar surface area (TPSA) is 63.6 Å². The van der Waals surface area contributed by atoms with Gasteiger partial charge in [0.15, 0.2) is 0 Å². The normalized spacial score (nSPS) is 22.9. The third kappa shape index (κ3) is 2.23. The van der Waals surface area contributed by atoms with Crippen molar-refractivity contribution in [2.24, 2.45) is 5.92 Å². The third-order valence-electron chi connectivity index (χ3n) is 3.29. The van der Waals surface area contributed by atoms with Crippen molar-refractivity contribution in [1.29, 1.82) is 0 Å². The molecule has 2 aliphatic carbocycles. The summed E-state index contributed by atoms with van der Waals surface area (Å²) in [6.07, 6.45) is 4.55. The van der Waals surface area contributed by atoms with Crippen LogP contribution >= 0.6 is 0 Å². The van der Waals surface area contributed by atoms with Gasteiger partial charge in [-0.2, -0.15) is 0 Å². The number of ether oxygens (including phenoxy) is 1. The fraction of sp³-hybridized carbons (Fsp3) is 0.800. The summed E-state index contributed by atoms with van der Waals surface area (Å²) in [5.41, 5.74) is -1.17. The molecule has 2 saturated carbocycles. The summed E-state index contributed by atoms with van der Waals surface area (Å²) in [6.45, 7) is 0. The zero-order valence-corrected chi connectivity index (χ0v) is 7.99. The van der Waals surface area contributed by atoms with E-state index in [-0.39, 0.29) is 31.7 Å². The molecule has 0 radical (unpaired) electrons. The molecule has 0 aromatic rings. The van der Waals surface area contributed by atoms with Gasteiger partial charge in [-0.1, -0.05) is 6.42 Å². The first kappa shape index (κ1) is 12.6. The van der Waals surface area contributed by atoms with Crippen LogP contribution in [0.1, 0.15) is 38.5 Å². The molecule has 0 aliphatic heterocycles. The van der Waals surface area contributed by atoms with Crippen LogP contribution in [-0.2, 0) is 14.3 Å². The van der Waals surface area contributed by atoms with Crippen molar-refractivity contribution in [2.75, 3.05) is 0 Å². The van der Waals surface area contributed by atoms with E-state index < -0.39 is 11.6 Å². The summed E-state index contributed by atoms with van der Waals surface area (Å²) in [6, 6.07) is 0. The molecule has 0 unspecified atom stereocenters. The predicted octanol–water partition coefficient (Wildman–Crippen LogP) is 0.153. The van der Waals surface area contributed by atoms with E-state index in [0.29, 0.717) is 12.8 Å². The molecule has 2 fully saturated rings. The third-order valence-corrected chi connectivity index (χ3v) is 3.29. The van der Waals surface area contributed by atoms with Crippen LogP contribution in [0.2, 0.25) is 0 Å². The van der Waals surface area contributed by atoms with E-state index in [9.17, 15) is 9.59 Å². The summed E-state index contributed by atoms with van der Waals surface area (Å²) >= 11 is 0. The van der Waals surface area contributed by atoms with Gasteiger partial charge in [0.2, 0.25) is 5.60 Å². The van der Waals surface area contributed by atoms with E-state index in [0.717, 1.165) is 25.7 Å². The van der Waals surface area contributed by atoms with Crippen LogP contribution in [0.25, 0.3) is 0 Å². The molecule has 0 spiro atoms. The fourth-order valence-corrected chi connectivity index (χ4v) is 1.78. The van der Waals surface area contributed by atoms with Gasteiger partial charge in [-0.15, -0.1) is 0 Å². The summed E-state index contributed by atoms with van der Waals surface area (Å²) in [5, 5.41) is 8.93. The Bertz CT molecular complexity index is 269. The van der Waals surface area contributed by atoms with E-state index in [1.165, 1.54) is 0 Å². The Morgan fingerprint density at radius 2 is 1.80 bits per heavy atom. The van der Waals surface area contributed by atoms with Crippen molar-refractivity contribution < 1.29 is 19.4 Å². The van der Waals surface area contributed by atoms with Crippen molar-refractivity contribution in [1.82, 2.24) is 0 Å². The fourth-order valence-electron chi connectivity index (χ4n) is 1.78. The van der Waals surface area contributed by atoms with Gasteiger partial charge in [-0.25, -0.2) is 4.79 Å². The molecule has 5 heteroatoms. The molecule has 0 heterocycles. The van der Waals surface area contributed by atoms with E-state index in [4.69, 9.17) is 9.84 Å². The Kier molecular flexibility index (Phi) is 3.89. The molecule has 0 saturated heterocycles. The van der Waals surface area contributed by atoms with Gasteiger partial charge in [0.25, 0.3) is 0 Å². The first-order chi connectivity index (χ1) is 6.64. The Labute approximate surface area is 101 Å². The molecule has 0 aromatic heterocycles. The van der Waals surface area contributed by atoms with Gasteiger partial charge in [-0.05, 0) is 32.1 Å². The van der Waals surface area contributed by atoms with Crippen molar-refractivity contribution in [3.05, 3.63) is 0 Å². The number of carboxylic acids is 1. The van der Waals surface area contributed by atoms with Gasteiger partial charge < -0.3 is 9.84 Å². The van der Waals surface area contributed by atoms with E-state index in [2.05, 4.69) is 0 Å². The SMILES string of the molecule is O=C(OC1(C(=O)O)CCC1)C1CCC1.[GaH3]. The van der Waals surface area contributed by atoms with E-state index in [1.54, 1.807) is 0 Å². The van der Waals surface area contributed by atoms with Crippen LogP contribution in [0, 0.1) is 5.92 Å². The average molecular weight is 271 g/mol. The second-order valence-electron chi connectivity index (χ2n) is 4.20. The molecule has 15 heavy (non-hydrogen) atoms. The maximum absolute atomic E-state index is 11.5. The Hall–Kier alpha value is -0.424. The van der Waals surface area contributed by atoms with Crippen LogP contribution in [0.15, 0.2) is 0 Å². The van der Waals surface area contributed by atoms with Crippen LogP contribution < -0.4 is 0 Å². The molecule has 1 N–H and O–H groups in total. The Morgan fingerprint density at radius 1 is 1.20 bits per heavy atom. The molecule has 0 atom stereocenters. The van der Waals surface area contributed by atoms with Gasteiger partial charge in [0.05, 0.1) is 5.92 Å². The number of rotatable bonds is 3. The first-order valence-electron chi connectivity index (χ1n) is 5.10. The quantitative estimate of drug-likeness (QED) is 0.586. The van der Waals surface area contributed by atoms with Crippen molar-refractivity contribution >= 4 is 31.7 Å². The summed E-state index contributed by atoms with van der Waals surface area (Å²) < 4.78 is 5.10. The number of carbonyl (C=O) groups is 2. The molecule has 2 aliphatic rings. The molecule has 2 rings (SSSR count). The minimum atomic E-state index is -1.17. The number of hydrogen-bond donors (Lipinski definition) is 1. The van der Waals surface area contributed by atoms with Crippen LogP contribution in [0.4, 0.5) is 0 Å². The minimum absolute atomic E-state index is 0. The predicted molar refractivity (Wildman–Crippen MR) is 57.6 cm³/mol. The van der Waals surface area contributed by atoms with Gasteiger partial charge in [0.1, 0.15) is 0 Å². The second-order valence-corrected chi connectivity index (χ2v) is 4.20. The molecule has 4 nitrogen and oxygen atoms in total. The number of carboxylic acid groups (broad SMARTS) is 1. The van der Waals surface area contributed by atoms with Gasteiger partial charge in [0, 0.05) is 0 Å². The summed E-state index contributed by atoms with van der Waals surface area (Å²) in [4.78, 5) is 22.3. The van der Waals surface area contributed by atoms with Crippen LogP contribution in [0.5, 0.6) is 0 Å². The number of carbonyl (C=O) groups excluding carboxylic acids is 1. The Morgan fingerprint density at radius 3 is 2.07 bits per heavy atom. The first-order valence-corrected chi connectivity index (χ1v) is 5.10. The molecular formula is C10H17GaO4. The molecule has 0 amide bonds. The number of hydrogen-bond acceptors (Lipinski definition) is 3. The average Bonchev–Trinajstić information content (AvgIpc) is 1.92. The van der Waals surface area contributed by atoms with Crippen LogP contribution in [-0.4, -0.2) is 42.4 Å². The maximum atomic E-state index is 11.5. The van der Waals surface area contributed by atoms with Gasteiger partial charge >= 0.3 is 31.7 Å². The molecular weight excluding hydrogens is 254 g/mol. The molecule has 0 bridgehead atoms. The van der Waals surface area contributed by atoms with E-state index >= 15 is 0 Å². The number of aliphatic carboxylic acids is 1.